The molecular formula is C14H19Cl2NO3S. The van der Waals surface area contributed by atoms with Gasteiger partial charge in [0.25, 0.3) is 15.0 Å². The predicted molar refractivity (Wildman–Crippen MR) is 85.5 cm³/mol. The molecule has 0 bridgehead atoms. The van der Waals surface area contributed by atoms with Crippen molar-refractivity contribution in [2.75, 3.05) is 13.1 Å². The molecule has 21 heavy (non-hydrogen) atoms. The van der Waals surface area contributed by atoms with Crippen molar-refractivity contribution in [3.05, 3.63) is 28.8 Å². The van der Waals surface area contributed by atoms with Gasteiger partial charge in [-0.3, -0.25) is 4.79 Å². The second-order valence-corrected chi connectivity index (χ2v) is 7.97. The van der Waals surface area contributed by atoms with Crippen LogP contribution in [0.15, 0.2) is 23.1 Å². The summed E-state index contributed by atoms with van der Waals surface area (Å²) in [6.45, 7) is 7.15. The summed E-state index contributed by atoms with van der Waals surface area (Å²) in [7, 11) is 1.39. The van der Waals surface area contributed by atoms with E-state index in [1.807, 2.05) is 6.92 Å². The largest absolute Gasteiger partial charge is 0.339 e. The van der Waals surface area contributed by atoms with Crippen LogP contribution in [0.5, 0.6) is 0 Å². The number of amides is 1. The summed E-state index contributed by atoms with van der Waals surface area (Å²) in [5.74, 6) is 0.117. The second kappa shape index (κ2) is 7.47. The van der Waals surface area contributed by atoms with E-state index in [0.29, 0.717) is 19.0 Å². The molecule has 1 aromatic rings. The van der Waals surface area contributed by atoms with Crippen molar-refractivity contribution in [1.29, 1.82) is 0 Å². The number of hydrogen-bond acceptors (Lipinski definition) is 3. The summed E-state index contributed by atoms with van der Waals surface area (Å²) in [5, 5.41) is 0.166. The maximum Gasteiger partial charge on any atom is 0.261 e. The van der Waals surface area contributed by atoms with Crippen LogP contribution in [-0.2, 0) is 9.05 Å². The third-order valence-electron chi connectivity index (χ3n) is 3.30. The lowest BCUT2D eigenvalue weighted by Gasteiger charge is -2.24. The SMILES string of the molecule is CCC(C)CN(CC)C(=O)c1cc(Cl)cc(S(=O)(=O)Cl)c1. The highest BCUT2D eigenvalue weighted by Gasteiger charge is 2.20. The molecule has 0 N–H and O–H groups in total. The lowest BCUT2D eigenvalue weighted by Crippen LogP contribution is -2.34. The molecule has 7 heteroatoms. The Hall–Kier alpha value is -0.780. The lowest BCUT2D eigenvalue weighted by atomic mass is 10.1. The molecule has 0 radical (unpaired) electrons. The van der Waals surface area contributed by atoms with Crippen molar-refractivity contribution < 1.29 is 13.2 Å². The first kappa shape index (κ1) is 18.3. The van der Waals surface area contributed by atoms with Crippen LogP contribution >= 0.6 is 22.3 Å². The summed E-state index contributed by atoms with van der Waals surface area (Å²) in [6, 6.07) is 3.94. The highest BCUT2D eigenvalue weighted by molar-refractivity contribution is 8.13. The molecule has 1 amide bonds. The van der Waals surface area contributed by atoms with Crippen LogP contribution in [-0.4, -0.2) is 32.3 Å². The fourth-order valence-corrected chi connectivity index (χ4v) is 2.97. The van der Waals surface area contributed by atoms with E-state index in [2.05, 4.69) is 13.8 Å². The first-order valence-electron chi connectivity index (χ1n) is 6.73. The molecule has 0 saturated heterocycles. The van der Waals surface area contributed by atoms with Crippen LogP contribution in [0, 0.1) is 5.92 Å². The molecule has 1 rings (SSSR count). The van der Waals surface area contributed by atoms with Gasteiger partial charge in [-0.25, -0.2) is 8.42 Å². The van der Waals surface area contributed by atoms with Crippen LogP contribution in [0.4, 0.5) is 0 Å². The molecule has 0 aromatic heterocycles. The summed E-state index contributed by atoms with van der Waals surface area (Å²) in [5.41, 5.74) is 0.229. The number of carbonyl (C=O) groups is 1. The van der Waals surface area contributed by atoms with Crippen LogP contribution in [0.25, 0.3) is 0 Å². The van der Waals surface area contributed by atoms with Crippen molar-refractivity contribution in [2.45, 2.75) is 32.1 Å². The van der Waals surface area contributed by atoms with E-state index in [1.54, 1.807) is 4.90 Å². The van der Waals surface area contributed by atoms with E-state index in [4.69, 9.17) is 22.3 Å². The minimum atomic E-state index is -3.92. The van der Waals surface area contributed by atoms with E-state index in [9.17, 15) is 13.2 Å². The molecule has 0 fully saturated rings. The van der Waals surface area contributed by atoms with Crippen LogP contribution in [0.3, 0.4) is 0 Å². The van der Waals surface area contributed by atoms with Gasteiger partial charge in [-0.15, -0.1) is 0 Å². The third kappa shape index (κ3) is 5.16. The fraction of sp³-hybridized carbons (Fsp3) is 0.500. The molecule has 0 aliphatic heterocycles. The van der Waals surface area contributed by atoms with Crippen molar-refractivity contribution in [1.82, 2.24) is 4.90 Å². The van der Waals surface area contributed by atoms with Crippen molar-refractivity contribution in [3.63, 3.8) is 0 Å². The summed E-state index contributed by atoms with van der Waals surface area (Å²) in [4.78, 5) is 14.0. The van der Waals surface area contributed by atoms with Gasteiger partial charge < -0.3 is 4.90 Å². The molecule has 0 saturated carbocycles. The van der Waals surface area contributed by atoms with E-state index in [0.717, 1.165) is 6.42 Å². The molecule has 1 atom stereocenters. The molecule has 0 heterocycles. The first-order chi connectivity index (χ1) is 9.68. The van der Waals surface area contributed by atoms with Gasteiger partial charge in [0.2, 0.25) is 0 Å². The van der Waals surface area contributed by atoms with Gasteiger partial charge in [0.15, 0.2) is 0 Å². The lowest BCUT2D eigenvalue weighted by molar-refractivity contribution is 0.0740. The topological polar surface area (TPSA) is 54.5 Å². The van der Waals surface area contributed by atoms with Gasteiger partial charge in [-0.1, -0.05) is 31.9 Å². The first-order valence-corrected chi connectivity index (χ1v) is 9.42. The average molecular weight is 352 g/mol. The number of hydrogen-bond donors (Lipinski definition) is 0. The highest BCUT2D eigenvalue weighted by atomic mass is 35.7. The Bertz CT molecular complexity index is 617. The molecule has 0 spiro atoms. The van der Waals surface area contributed by atoms with E-state index < -0.39 is 9.05 Å². The Morgan fingerprint density at radius 2 is 1.90 bits per heavy atom. The molecule has 1 aromatic carbocycles. The van der Waals surface area contributed by atoms with E-state index in [-0.39, 0.29) is 21.4 Å². The van der Waals surface area contributed by atoms with E-state index in [1.165, 1.54) is 18.2 Å². The predicted octanol–water partition coefficient (Wildman–Crippen LogP) is 3.78. The van der Waals surface area contributed by atoms with Gasteiger partial charge in [0.05, 0.1) is 4.90 Å². The van der Waals surface area contributed by atoms with Crippen molar-refractivity contribution in [2.24, 2.45) is 5.92 Å². The quantitative estimate of drug-likeness (QED) is 0.732. The van der Waals surface area contributed by atoms with Crippen LogP contribution < -0.4 is 0 Å². The zero-order valence-corrected chi connectivity index (χ0v) is 14.6. The molecule has 1 unspecified atom stereocenters. The van der Waals surface area contributed by atoms with Gasteiger partial charge in [0.1, 0.15) is 0 Å². The number of halogens is 2. The fourth-order valence-electron chi connectivity index (χ4n) is 1.87. The molecular weight excluding hydrogens is 333 g/mol. The minimum Gasteiger partial charge on any atom is -0.339 e. The summed E-state index contributed by atoms with van der Waals surface area (Å²) >= 11 is 5.89. The Morgan fingerprint density at radius 3 is 2.38 bits per heavy atom. The minimum absolute atomic E-state index is 0.166. The van der Waals surface area contributed by atoms with Gasteiger partial charge in [0, 0.05) is 34.4 Å². The normalized spacial score (nSPS) is 13.0. The Labute approximate surface area is 135 Å². The Balaban J connectivity index is 3.14. The summed E-state index contributed by atoms with van der Waals surface area (Å²) < 4.78 is 22.8. The number of carbonyl (C=O) groups excluding carboxylic acids is 1. The zero-order chi connectivity index (χ0) is 16.2. The molecule has 4 nitrogen and oxygen atoms in total. The van der Waals surface area contributed by atoms with Crippen molar-refractivity contribution >= 4 is 37.2 Å². The Morgan fingerprint density at radius 1 is 1.29 bits per heavy atom. The van der Waals surface area contributed by atoms with Crippen LogP contribution in [0.2, 0.25) is 5.02 Å². The maximum atomic E-state index is 12.5. The Kier molecular flexibility index (Phi) is 6.50. The van der Waals surface area contributed by atoms with Gasteiger partial charge in [-0.05, 0) is 31.0 Å². The third-order valence-corrected chi connectivity index (χ3v) is 4.85. The number of rotatable bonds is 6. The molecule has 0 aliphatic carbocycles. The summed E-state index contributed by atoms with van der Waals surface area (Å²) in [6.07, 6.45) is 0.959. The smallest absolute Gasteiger partial charge is 0.261 e. The highest BCUT2D eigenvalue weighted by Crippen LogP contribution is 2.23. The van der Waals surface area contributed by atoms with E-state index >= 15 is 0 Å². The van der Waals surface area contributed by atoms with Crippen LogP contribution in [0.1, 0.15) is 37.6 Å². The second-order valence-electron chi connectivity index (χ2n) is 4.97. The number of benzene rings is 1. The van der Waals surface area contributed by atoms with Crippen molar-refractivity contribution in [3.8, 4) is 0 Å². The molecule has 118 valence electrons. The monoisotopic (exact) mass is 351 g/mol. The standard InChI is InChI=1S/C14H19Cl2NO3S/c1-4-10(3)9-17(5-2)14(18)11-6-12(15)8-13(7-11)21(16,19)20/h6-8,10H,4-5,9H2,1-3H3. The van der Waals surface area contributed by atoms with Gasteiger partial charge >= 0.3 is 0 Å². The van der Waals surface area contributed by atoms with Gasteiger partial charge in [-0.2, -0.15) is 0 Å². The molecule has 0 aliphatic rings. The number of nitrogens with zero attached hydrogens (tertiary/aromatic N) is 1. The zero-order valence-electron chi connectivity index (χ0n) is 12.3. The average Bonchev–Trinajstić information content (AvgIpc) is 2.42. The maximum absolute atomic E-state index is 12.5.